The van der Waals surface area contributed by atoms with Crippen molar-refractivity contribution in [2.45, 2.75) is 20.3 Å². The first-order valence-corrected chi connectivity index (χ1v) is 8.04. The van der Waals surface area contributed by atoms with Crippen molar-refractivity contribution >= 4 is 44.8 Å². The van der Waals surface area contributed by atoms with Crippen molar-refractivity contribution in [3.8, 4) is 11.6 Å². The number of fused-ring (bicyclic) bond motifs is 1. The Hall–Kier alpha value is -1.36. The average Bonchev–Trinajstić information content (AvgIpc) is 2.86. The molecule has 6 heteroatoms. The zero-order chi connectivity index (χ0) is 15.0. The van der Waals surface area contributed by atoms with E-state index in [-0.39, 0.29) is 5.28 Å². The van der Waals surface area contributed by atoms with Gasteiger partial charge in [-0.3, -0.25) is 0 Å². The smallest absolute Gasteiger partial charge is 0.232 e. The van der Waals surface area contributed by atoms with Gasteiger partial charge >= 0.3 is 0 Å². The molecule has 0 fully saturated rings. The minimum absolute atomic E-state index is 0.172. The Bertz CT molecular complexity index is 817. The summed E-state index contributed by atoms with van der Waals surface area (Å²) >= 11 is 13.8. The molecule has 0 spiro atoms. The van der Waals surface area contributed by atoms with Gasteiger partial charge < -0.3 is 4.74 Å². The lowest BCUT2D eigenvalue weighted by atomic mass is 10.2. The zero-order valence-corrected chi connectivity index (χ0v) is 13.8. The molecule has 0 bridgehead atoms. The van der Waals surface area contributed by atoms with Crippen LogP contribution in [-0.4, -0.2) is 9.97 Å². The number of aromatic nitrogens is 2. The molecular formula is C15H12Cl2N2OS. The Morgan fingerprint density at radius 1 is 1.19 bits per heavy atom. The molecule has 1 aromatic carbocycles. The van der Waals surface area contributed by atoms with Crippen LogP contribution in [0, 0.1) is 6.92 Å². The SMILES string of the molecule is CCc1cc2c(Oc3cc(C)ccc3Cl)nc(Cl)nc2s1. The van der Waals surface area contributed by atoms with Gasteiger partial charge in [-0.1, -0.05) is 24.6 Å². The van der Waals surface area contributed by atoms with E-state index in [4.69, 9.17) is 27.9 Å². The topological polar surface area (TPSA) is 35.0 Å². The summed E-state index contributed by atoms with van der Waals surface area (Å²) in [4.78, 5) is 10.5. The first-order chi connectivity index (χ1) is 10.1. The zero-order valence-electron chi connectivity index (χ0n) is 11.5. The van der Waals surface area contributed by atoms with Gasteiger partial charge in [-0.15, -0.1) is 11.3 Å². The number of hydrogen-bond acceptors (Lipinski definition) is 4. The van der Waals surface area contributed by atoms with E-state index in [0.29, 0.717) is 16.7 Å². The predicted octanol–water partition coefficient (Wildman–Crippen LogP) is 5.66. The minimum Gasteiger partial charge on any atom is -0.437 e. The number of aryl methyl sites for hydroxylation is 2. The van der Waals surface area contributed by atoms with E-state index in [1.165, 1.54) is 4.88 Å². The highest BCUT2D eigenvalue weighted by molar-refractivity contribution is 7.18. The highest BCUT2D eigenvalue weighted by atomic mass is 35.5. The van der Waals surface area contributed by atoms with Crippen LogP contribution in [0.1, 0.15) is 17.4 Å². The van der Waals surface area contributed by atoms with Crippen LogP contribution in [0.5, 0.6) is 11.6 Å². The fourth-order valence-corrected chi connectivity index (χ4v) is 3.29. The lowest BCUT2D eigenvalue weighted by Gasteiger charge is -2.08. The summed E-state index contributed by atoms with van der Waals surface area (Å²) in [6.45, 7) is 4.07. The molecule has 3 aromatic rings. The maximum atomic E-state index is 6.17. The van der Waals surface area contributed by atoms with Crippen LogP contribution >= 0.6 is 34.5 Å². The van der Waals surface area contributed by atoms with Crippen LogP contribution in [0.2, 0.25) is 10.3 Å². The summed E-state index contributed by atoms with van der Waals surface area (Å²) in [5, 5.41) is 1.57. The number of ether oxygens (including phenoxy) is 1. The largest absolute Gasteiger partial charge is 0.437 e. The number of thiophene rings is 1. The van der Waals surface area contributed by atoms with Crippen LogP contribution in [0.4, 0.5) is 0 Å². The summed E-state index contributed by atoms with van der Waals surface area (Å²) in [7, 11) is 0. The fraction of sp³-hybridized carbons (Fsp3) is 0.200. The maximum Gasteiger partial charge on any atom is 0.232 e. The molecule has 3 nitrogen and oxygen atoms in total. The number of nitrogens with zero attached hydrogens (tertiary/aromatic N) is 2. The summed E-state index contributed by atoms with van der Waals surface area (Å²) in [6.07, 6.45) is 0.934. The van der Waals surface area contributed by atoms with Gasteiger partial charge in [-0.2, -0.15) is 4.98 Å². The van der Waals surface area contributed by atoms with Crippen molar-refractivity contribution in [3.63, 3.8) is 0 Å². The van der Waals surface area contributed by atoms with Crippen LogP contribution in [0.3, 0.4) is 0 Å². The lowest BCUT2D eigenvalue weighted by Crippen LogP contribution is -1.92. The van der Waals surface area contributed by atoms with E-state index in [9.17, 15) is 0 Å². The average molecular weight is 339 g/mol. The van der Waals surface area contributed by atoms with E-state index in [0.717, 1.165) is 22.2 Å². The number of rotatable bonds is 3. The summed E-state index contributed by atoms with van der Waals surface area (Å²) in [6, 6.07) is 7.64. The Morgan fingerprint density at radius 3 is 2.76 bits per heavy atom. The Kier molecular flexibility index (Phi) is 4.02. The van der Waals surface area contributed by atoms with E-state index in [1.807, 2.05) is 25.1 Å². The summed E-state index contributed by atoms with van der Waals surface area (Å²) in [5.74, 6) is 1.01. The van der Waals surface area contributed by atoms with Crippen molar-refractivity contribution in [3.05, 3.63) is 45.0 Å². The van der Waals surface area contributed by atoms with E-state index >= 15 is 0 Å². The molecule has 108 valence electrons. The van der Waals surface area contributed by atoms with E-state index in [2.05, 4.69) is 16.9 Å². The van der Waals surface area contributed by atoms with Gasteiger partial charge in [0, 0.05) is 4.88 Å². The van der Waals surface area contributed by atoms with Gasteiger partial charge in [0.15, 0.2) is 0 Å². The quantitative estimate of drug-likeness (QED) is 0.578. The van der Waals surface area contributed by atoms with Gasteiger partial charge in [-0.25, -0.2) is 4.98 Å². The van der Waals surface area contributed by atoms with Gasteiger partial charge in [0.2, 0.25) is 11.2 Å². The second-order valence-corrected chi connectivity index (χ2v) is 6.48. The van der Waals surface area contributed by atoms with Crippen molar-refractivity contribution in [2.75, 3.05) is 0 Å². The van der Waals surface area contributed by atoms with Gasteiger partial charge in [0.05, 0.1) is 10.4 Å². The minimum atomic E-state index is 0.172. The molecule has 0 radical (unpaired) electrons. The molecule has 0 aliphatic heterocycles. The molecule has 0 unspecified atom stereocenters. The Morgan fingerprint density at radius 2 is 2.00 bits per heavy atom. The monoisotopic (exact) mass is 338 g/mol. The van der Waals surface area contributed by atoms with E-state index < -0.39 is 0 Å². The highest BCUT2D eigenvalue weighted by Crippen LogP contribution is 2.36. The standard InChI is InChI=1S/C15H12Cl2N2OS/c1-3-9-7-10-13(18-15(17)19-14(10)21-9)20-12-6-8(2)4-5-11(12)16/h4-7H,3H2,1-2H3. The molecule has 0 amide bonds. The van der Waals surface area contributed by atoms with Gasteiger partial charge in [0.25, 0.3) is 0 Å². The molecule has 2 aromatic heterocycles. The summed E-state index contributed by atoms with van der Waals surface area (Å²) < 4.78 is 5.88. The van der Waals surface area contributed by atoms with Crippen molar-refractivity contribution in [1.82, 2.24) is 9.97 Å². The molecule has 21 heavy (non-hydrogen) atoms. The molecule has 2 heterocycles. The molecular weight excluding hydrogens is 327 g/mol. The van der Waals surface area contributed by atoms with Crippen molar-refractivity contribution in [2.24, 2.45) is 0 Å². The first kappa shape index (κ1) is 14.6. The van der Waals surface area contributed by atoms with Crippen molar-refractivity contribution in [1.29, 1.82) is 0 Å². The Labute approximate surface area is 136 Å². The Balaban J connectivity index is 2.11. The van der Waals surface area contributed by atoms with Crippen LogP contribution in [0.15, 0.2) is 24.3 Å². The number of halogens is 2. The third kappa shape index (κ3) is 2.98. The van der Waals surface area contributed by atoms with Gasteiger partial charge in [0.1, 0.15) is 10.6 Å². The number of hydrogen-bond donors (Lipinski definition) is 0. The van der Waals surface area contributed by atoms with Crippen LogP contribution in [-0.2, 0) is 6.42 Å². The second kappa shape index (κ2) is 5.79. The molecule has 0 atom stereocenters. The number of benzene rings is 1. The normalized spacial score (nSPS) is 11.0. The van der Waals surface area contributed by atoms with E-state index in [1.54, 1.807) is 17.4 Å². The second-order valence-electron chi connectivity index (χ2n) is 4.62. The highest BCUT2D eigenvalue weighted by Gasteiger charge is 2.14. The third-order valence-corrected chi connectivity index (χ3v) is 4.68. The molecule has 0 saturated heterocycles. The maximum absolute atomic E-state index is 6.17. The summed E-state index contributed by atoms with van der Waals surface area (Å²) in [5.41, 5.74) is 1.06. The van der Waals surface area contributed by atoms with Gasteiger partial charge in [-0.05, 0) is 48.7 Å². The van der Waals surface area contributed by atoms with Crippen LogP contribution < -0.4 is 4.74 Å². The molecule has 0 saturated carbocycles. The molecule has 0 aliphatic carbocycles. The van der Waals surface area contributed by atoms with Crippen LogP contribution in [0.25, 0.3) is 10.2 Å². The predicted molar refractivity (Wildman–Crippen MR) is 88.1 cm³/mol. The van der Waals surface area contributed by atoms with Crippen molar-refractivity contribution < 1.29 is 4.74 Å². The molecule has 0 N–H and O–H groups in total. The third-order valence-electron chi connectivity index (χ3n) is 3.02. The fourth-order valence-electron chi connectivity index (χ4n) is 1.97. The first-order valence-electron chi connectivity index (χ1n) is 6.46. The molecule has 3 rings (SSSR count). The lowest BCUT2D eigenvalue weighted by molar-refractivity contribution is 0.468. The molecule has 0 aliphatic rings.